The number of thioether (sulfide) groups is 1. The van der Waals surface area contributed by atoms with Crippen LogP contribution in [0.2, 0.25) is 0 Å². The number of carboxylic acid groups (broad SMARTS) is 1. The molecule has 1 heterocycles. The second-order valence-corrected chi connectivity index (χ2v) is 12.3. The summed E-state index contributed by atoms with van der Waals surface area (Å²) in [6.45, 7) is 23.0. The van der Waals surface area contributed by atoms with Crippen molar-refractivity contribution >= 4 is 23.6 Å². The Hall–Kier alpha value is -2.35. The van der Waals surface area contributed by atoms with Crippen LogP contribution >= 0.6 is 11.8 Å². The number of amides is 1. The molecule has 2 aromatic carbocycles. The molecule has 268 valence electrons. The predicted molar refractivity (Wildman–Crippen MR) is 205 cm³/mol. The van der Waals surface area contributed by atoms with Gasteiger partial charge in [-0.2, -0.15) is 11.8 Å². The van der Waals surface area contributed by atoms with Gasteiger partial charge in [0.2, 0.25) is 0 Å². The van der Waals surface area contributed by atoms with Gasteiger partial charge in [0, 0.05) is 24.7 Å². The lowest BCUT2D eigenvalue weighted by Crippen LogP contribution is -2.41. The van der Waals surface area contributed by atoms with Crippen molar-refractivity contribution in [3.05, 3.63) is 59.2 Å². The molecule has 1 aliphatic heterocycles. The third-order valence-corrected chi connectivity index (χ3v) is 8.82. The molecule has 6 nitrogen and oxygen atoms in total. The van der Waals surface area contributed by atoms with Gasteiger partial charge in [-0.25, -0.2) is 4.79 Å². The normalized spacial score (nSPS) is 18.0. The van der Waals surface area contributed by atoms with E-state index in [2.05, 4.69) is 23.2 Å². The Kier molecular flexibility index (Phi) is 25.3. The van der Waals surface area contributed by atoms with Gasteiger partial charge in [0.25, 0.3) is 5.91 Å². The summed E-state index contributed by atoms with van der Waals surface area (Å²) in [5.74, 6) is -0.0567. The summed E-state index contributed by atoms with van der Waals surface area (Å²) < 4.78 is 6.38. The zero-order valence-corrected chi connectivity index (χ0v) is 32.5. The Morgan fingerprint density at radius 2 is 1.60 bits per heavy atom. The monoisotopic (exact) mass is 672 g/mol. The first-order valence-electron chi connectivity index (χ1n) is 18.4. The van der Waals surface area contributed by atoms with E-state index in [0.29, 0.717) is 35.8 Å². The molecule has 0 spiro atoms. The fourth-order valence-corrected chi connectivity index (χ4v) is 6.50. The van der Waals surface area contributed by atoms with Crippen LogP contribution in [0.15, 0.2) is 42.5 Å². The fraction of sp³-hybridized carbons (Fsp3) is 0.650. The van der Waals surface area contributed by atoms with Gasteiger partial charge >= 0.3 is 5.97 Å². The van der Waals surface area contributed by atoms with Gasteiger partial charge in [-0.15, -0.1) is 0 Å². The number of nitrogens with one attached hydrogen (secondary N) is 1. The molecule has 2 aliphatic rings. The summed E-state index contributed by atoms with van der Waals surface area (Å²) in [5, 5.41) is 12.4. The maximum absolute atomic E-state index is 13.4. The third-order valence-electron chi connectivity index (χ3n) is 8.18. The first-order chi connectivity index (χ1) is 22.9. The van der Waals surface area contributed by atoms with Crippen molar-refractivity contribution in [2.24, 2.45) is 5.92 Å². The van der Waals surface area contributed by atoms with Crippen molar-refractivity contribution < 1.29 is 19.4 Å². The van der Waals surface area contributed by atoms with E-state index in [4.69, 9.17) is 4.74 Å². The second-order valence-electron chi connectivity index (χ2n) is 11.4. The third kappa shape index (κ3) is 15.2. The maximum Gasteiger partial charge on any atom is 0.326 e. The highest BCUT2D eigenvalue weighted by Gasteiger charge is 2.31. The molecular weight excluding hydrogens is 605 g/mol. The van der Waals surface area contributed by atoms with Crippen molar-refractivity contribution in [2.45, 2.75) is 139 Å². The number of likely N-dealkylation sites (tertiary alicyclic amines) is 1. The van der Waals surface area contributed by atoms with Crippen molar-refractivity contribution in [3.63, 3.8) is 0 Å². The van der Waals surface area contributed by atoms with E-state index >= 15 is 0 Å². The molecule has 1 saturated heterocycles. The quantitative estimate of drug-likeness (QED) is 0.234. The van der Waals surface area contributed by atoms with E-state index in [9.17, 15) is 14.7 Å². The van der Waals surface area contributed by atoms with Gasteiger partial charge in [-0.05, 0) is 84.9 Å². The molecule has 2 fully saturated rings. The summed E-state index contributed by atoms with van der Waals surface area (Å²) in [5.41, 5.74) is 4.58. The molecule has 2 aromatic rings. The minimum atomic E-state index is -1.00. The highest BCUT2D eigenvalue weighted by Crippen LogP contribution is 2.31. The molecule has 47 heavy (non-hydrogen) atoms. The number of carbonyl (C=O) groups is 2. The fourth-order valence-electron chi connectivity index (χ4n) is 6.03. The van der Waals surface area contributed by atoms with Crippen LogP contribution in [0.4, 0.5) is 0 Å². The van der Waals surface area contributed by atoms with E-state index in [1.165, 1.54) is 32.1 Å². The number of aryl methyl sites for hydroxylation is 1. The number of nitrogens with zero attached hydrogens (tertiary/aromatic N) is 1. The molecule has 0 bridgehead atoms. The van der Waals surface area contributed by atoms with Gasteiger partial charge in [0.1, 0.15) is 6.04 Å². The van der Waals surface area contributed by atoms with Crippen molar-refractivity contribution in [1.82, 2.24) is 10.2 Å². The molecule has 3 unspecified atom stereocenters. The molecule has 0 aromatic heterocycles. The summed E-state index contributed by atoms with van der Waals surface area (Å²) in [4.78, 5) is 27.7. The molecular formula is C40H68N2O4S. The molecule has 4 rings (SSSR count). The van der Waals surface area contributed by atoms with Gasteiger partial charge in [-0.3, -0.25) is 9.69 Å². The Labute approximate surface area is 292 Å². The predicted octanol–water partition coefficient (Wildman–Crippen LogP) is 10.3. The van der Waals surface area contributed by atoms with Crippen molar-refractivity contribution in [2.75, 3.05) is 25.2 Å². The Balaban J connectivity index is 0.00000246. The van der Waals surface area contributed by atoms with Gasteiger partial charge in [0.15, 0.2) is 0 Å². The first kappa shape index (κ1) is 44.6. The largest absolute Gasteiger partial charge is 0.480 e. The van der Waals surface area contributed by atoms with Gasteiger partial charge in [0.05, 0.1) is 12.7 Å². The van der Waals surface area contributed by atoms with Crippen LogP contribution in [-0.2, 0) is 16.1 Å². The van der Waals surface area contributed by atoms with Gasteiger partial charge < -0.3 is 15.2 Å². The number of hydrogen-bond donors (Lipinski definition) is 2. The summed E-state index contributed by atoms with van der Waals surface area (Å²) in [7, 11) is 0. The lowest BCUT2D eigenvalue weighted by atomic mass is 9.93. The lowest BCUT2D eigenvalue weighted by molar-refractivity contribution is -0.139. The van der Waals surface area contributed by atoms with Crippen LogP contribution in [-0.4, -0.2) is 65.2 Å². The van der Waals surface area contributed by atoms with Crippen LogP contribution in [0, 0.1) is 12.8 Å². The van der Waals surface area contributed by atoms with Crippen LogP contribution in [0.1, 0.15) is 129 Å². The second kappa shape index (κ2) is 26.6. The van der Waals surface area contributed by atoms with Crippen molar-refractivity contribution in [3.8, 4) is 11.1 Å². The molecule has 3 atom stereocenters. The maximum atomic E-state index is 13.4. The Morgan fingerprint density at radius 1 is 0.957 bits per heavy atom. The standard InChI is InChI=1S/C32H44N2O4S.4C2H6/c1-22-17-25(21-38-26-10-5-4-6-11-26)34(19-22)20-24-13-14-28(29(18-24)27-12-8-7-9-23(27)2)31(35)33-30(32(36)37)15-16-39-3;4*1-2/h7-9,12-14,18,22,25-26,30H,4-6,10-11,15-17,19-21H2,1-3H3,(H,33,35)(H,36,37);4*1-2H3. The smallest absolute Gasteiger partial charge is 0.326 e. The Morgan fingerprint density at radius 3 is 2.19 bits per heavy atom. The lowest BCUT2D eigenvalue weighted by Gasteiger charge is -2.28. The first-order valence-corrected chi connectivity index (χ1v) is 19.8. The summed E-state index contributed by atoms with van der Waals surface area (Å²) >= 11 is 1.57. The van der Waals surface area contributed by atoms with E-state index in [1.54, 1.807) is 11.8 Å². The van der Waals surface area contributed by atoms with Crippen LogP contribution in [0.5, 0.6) is 0 Å². The molecule has 1 amide bonds. The van der Waals surface area contributed by atoms with E-state index < -0.39 is 12.0 Å². The minimum Gasteiger partial charge on any atom is -0.480 e. The van der Waals surface area contributed by atoms with Crippen LogP contribution in [0.3, 0.4) is 0 Å². The number of aliphatic carboxylic acids is 1. The van der Waals surface area contributed by atoms with E-state index in [1.807, 2.05) is 105 Å². The highest BCUT2D eigenvalue weighted by molar-refractivity contribution is 7.98. The summed E-state index contributed by atoms with van der Waals surface area (Å²) in [6, 6.07) is 13.6. The number of ether oxygens (including phenoxy) is 1. The average Bonchev–Trinajstić information content (AvgIpc) is 3.47. The van der Waals surface area contributed by atoms with Gasteiger partial charge in [-0.1, -0.05) is 112 Å². The highest BCUT2D eigenvalue weighted by atomic mass is 32.2. The topological polar surface area (TPSA) is 78.9 Å². The zero-order chi connectivity index (χ0) is 35.8. The summed E-state index contributed by atoms with van der Waals surface area (Å²) in [6.07, 6.45) is 10.1. The zero-order valence-electron chi connectivity index (χ0n) is 31.7. The Bertz CT molecular complexity index is 1120. The minimum absolute atomic E-state index is 0.346. The van der Waals surface area contributed by atoms with E-state index in [-0.39, 0.29) is 5.91 Å². The van der Waals surface area contributed by atoms with E-state index in [0.717, 1.165) is 48.4 Å². The van der Waals surface area contributed by atoms with Crippen molar-refractivity contribution in [1.29, 1.82) is 0 Å². The number of carbonyl (C=O) groups excluding carboxylic acids is 1. The molecule has 0 radical (unpaired) electrons. The molecule has 2 N–H and O–H groups in total. The number of rotatable bonds is 12. The van der Waals surface area contributed by atoms with Crippen LogP contribution < -0.4 is 5.32 Å². The molecule has 1 saturated carbocycles. The molecule has 1 aliphatic carbocycles. The molecule has 7 heteroatoms. The number of carboxylic acids is 1. The average molecular weight is 673 g/mol. The van der Waals surface area contributed by atoms with Crippen LogP contribution in [0.25, 0.3) is 11.1 Å². The number of hydrogen-bond acceptors (Lipinski definition) is 5. The number of benzene rings is 2. The SMILES string of the molecule is CC.CC.CC.CC.CSCCC(NC(=O)c1ccc(CN2CC(C)CC2COC2CCCCC2)cc1-c1ccccc1C)C(=O)O.